The normalized spacial score (nSPS) is 16.1. The second kappa shape index (κ2) is 6.00. The minimum atomic E-state index is -0.654. The first-order valence-corrected chi connectivity index (χ1v) is 9.32. The highest BCUT2D eigenvalue weighted by Crippen LogP contribution is 2.41. The quantitative estimate of drug-likeness (QED) is 0.511. The van der Waals surface area contributed by atoms with E-state index in [1.54, 1.807) is 48.5 Å². The van der Waals surface area contributed by atoms with Crippen LogP contribution in [-0.4, -0.2) is 16.1 Å². The third-order valence-corrected chi connectivity index (χ3v) is 5.46. The van der Waals surface area contributed by atoms with Gasteiger partial charge in [0, 0.05) is 5.02 Å². The SMILES string of the molecule is O=C1c2oc3ccccc3c(=O)c2[C@@H](c2ccc(Cl)cc2)N1c1nncs1. The van der Waals surface area contributed by atoms with Gasteiger partial charge in [-0.1, -0.05) is 47.2 Å². The van der Waals surface area contributed by atoms with Gasteiger partial charge in [-0.2, -0.15) is 0 Å². The lowest BCUT2D eigenvalue weighted by Gasteiger charge is -2.22. The van der Waals surface area contributed by atoms with Gasteiger partial charge in [0.1, 0.15) is 11.1 Å². The number of aromatic nitrogens is 2. The van der Waals surface area contributed by atoms with Crippen LogP contribution in [0, 0.1) is 0 Å². The number of amides is 1. The van der Waals surface area contributed by atoms with Crippen LogP contribution in [0.2, 0.25) is 5.02 Å². The van der Waals surface area contributed by atoms with Crippen molar-refractivity contribution in [3.63, 3.8) is 0 Å². The fourth-order valence-electron chi connectivity index (χ4n) is 3.35. The minimum Gasteiger partial charge on any atom is -0.450 e. The molecule has 132 valence electrons. The van der Waals surface area contributed by atoms with E-state index in [-0.39, 0.29) is 11.2 Å². The van der Waals surface area contributed by atoms with Crippen LogP contribution in [0.3, 0.4) is 0 Å². The molecule has 2 aromatic heterocycles. The van der Waals surface area contributed by atoms with Crippen LogP contribution in [0.25, 0.3) is 11.0 Å². The van der Waals surface area contributed by atoms with Crippen LogP contribution < -0.4 is 10.3 Å². The average Bonchev–Trinajstić information content (AvgIpc) is 3.30. The molecule has 0 aliphatic carbocycles. The summed E-state index contributed by atoms with van der Waals surface area (Å²) in [6.45, 7) is 0. The van der Waals surface area contributed by atoms with Gasteiger partial charge in [-0.25, -0.2) is 0 Å². The van der Waals surface area contributed by atoms with Crippen LogP contribution in [0.1, 0.15) is 27.7 Å². The van der Waals surface area contributed by atoms with Gasteiger partial charge in [-0.05, 0) is 29.8 Å². The molecule has 2 aromatic carbocycles. The van der Waals surface area contributed by atoms with E-state index in [1.807, 2.05) is 0 Å². The summed E-state index contributed by atoms with van der Waals surface area (Å²) >= 11 is 7.23. The van der Waals surface area contributed by atoms with Gasteiger partial charge in [0.15, 0.2) is 5.43 Å². The average molecular weight is 396 g/mol. The molecule has 3 heterocycles. The highest BCUT2D eigenvalue weighted by Gasteiger charge is 2.44. The topological polar surface area (TPSA) is 76.3 Å². The first-order valence-electron chi connectivity index (χ1n) is 8.06. The van der Waals surface area contributed by atoms with E-state index in [4.69, 9.17) is 16.0 Å². The van der Waals surface area contributed by atoms with E-state index < -0.39 is 11.9 Å². The summed E-state index contributed by atoms with van der Waals surface area (Å²) in [6, 6.07) is 13.3. The Bertz CT molecular complexity index is 1240. The first kappa shape index (κ1) is 16.2. The standard InChI is InChI=1S/C19H10ClN3O3S/c20-11-7-5-10(6-8-11)15-14-16(24)12-3-1-2-4-13(12)26-17(14)18(25)23(15)19-22-21-9-27-19/h1-9,15H/t15-/m1/s1. The van der Waals surface area contributed by atoms with E-state index >= 15 is 0 Å². The van der Waals surface area contributed by atoms with Crippen molar-refractivity contribution < 1.29 is 9.21 Å². The molecule has 0 spiro atoms. The lowest BCUT2D eigenvalue weighted by Crippen LogP contribution is -2.29. The van der Waals surface area contributed by atoms with Gasteiger partial charge in [0.05, 0.1) is 17.0 Å². The van der Waals surface area contributed by atoms with E-state index in [0.717, 1.165) is 5.56 Å². The number of nitrogens with zero attached hydrogens (tertiary/aromatic N) is 3. The first-order chi connectivity index (χ1) is 13.1. The van der Waals surface area contributed by atoms with Crippen LogP contribution in [0.5, 0.6) is 0 Å². The summed E-state index contributed by atoms with van der Waals surface area (Å²) in [4.78, 5) is 27.8. The Morgan fingerprint density at radius 3 is 2.59 bits per heavy atom. The van der Waals surface area contributed by atoms with Gasteiger partial charge in [-0.15, -0.1) is 10.2 Å². The molecule has 1 amide bonds. The maximum atomic E-state index is 13.2. The zero-order valence-electron chi connectivity index (χ0n) is 13.6. The van der Waals surface area contributed by atoms with E-state index in [1.165, 1.54) is 21.7 Å². The molecule has 1 atom stereocenters. The van der Waals surface area contributed by atoms with E-state index in [9.17, 15) is 9.59 Å². The molecule has 0 radical (unpaired) electrons. The molecule has 0 saturated heterocycles. The largest absolute Gasteiger partial charge is 0.450 e. The lowest BCUT2D eigenvalue weighted by atomic mass is 9.99. The summed E-state index contributed by atoms with van der Waals surface area (Å²) < 4.78 is 5.84. The Hall–Kier alpha value is -3.03. The predicted molar refractivity (Wildman–Crippen MR) is 102 cm³/mol. The third kappa shape index (κ3) is 2.39. The van der Waals surface area contributed by atoms with E-state index in [0.29, 0.717) is 26.7 Å². The Morgan fingerprint density at radius 2 is 1.85 bits per heavy atom. The van der Waals surface area contributed by atoms with Crippen molar-refractivity contribution in [2.45, 2.75) is 6.04 Å². The molecule has 6 nitrogen and oxygen atoms in total. The van der Waals surface area contributed by atoms with Crippen molar-refractivity contribution in [1.82, 2.24) is 10.2 Å². The number of halogens is 1. The van der Waals surface area contributed by atoms with E-state index in [2.05, 4.69) is 10.2 Å². The maximum absolute atomic E-state index is 13.2. The number of hydrogen-bond donors (Lipinski definition) is 0. The molecule has 4 aromatic rings. The number of rotatable bonds is 2. The number of benzene rings is 2. The Labute approximate surface area is 161 Å². The van der Waals surface area contributed by atoms with Crippen molar-refractivity contribution in [2.24, 2.45) is 0 Å². The summed E-state index contributed by atoms with van der Waals surface area (Å²) in [7, 11) is 0. The molecule has 0 bridgehead atoms. The molecule has 0 N–H and O–H groups in total. The number of hydrogen-bond acceptors (Lipinski definition) is 6. The molecular formula is C19H10ClN3O3S. The zero-order chi connectivity index (χ0) is 18.5. The van der Waals surface area contributed by atoms with Crippen molar-refractivity contribution in [3.8, 4) is 0 Å². The number of fused-ring (bicyclic) bond motifs is 2. The fraction of sp³-hybridized carbons (Fsp3) is 0.0526. The summed E-state index contributed by atoms with van der Waals surface area (Å²) in [5, 5.41) is 9.25. The van der Waals surface area contributed by atoms with Gasteiger partial charge >= 0.3 is 0 Å². The maximum Gasteiger partial charge on any atom is 0.297 e. The number of carbonyl (C=O) groups excluding carboxylic acids is 1. The fourth-order valence-corrected chi connectivity index (χ4v) is 4.06. The van der Waals surface area contributed by atoms with Gasteiger partial charge in [-0.3, -0.25) is 14.5 Å². The number of para-hydroxylation sites is 1. The van der Waals surface area contributed by atoms with Crippen molar-refractivity contribution >= 4 is 44.9 Å². The highest BCUT2D eigenvalue weighted by atomic mass is 35.5. The molecule has 0 fully saturated rings. The molecule has 0 unspecified atom stereocenters. The van der Waals surface area contributed by atoms with Crippen LogP contribution in [0.15, 0.2) is 63.3 Å². The minimum absolute atomic E-state index is 0.0360. The second-order valence-electron chi connectivity index (χ2n) is 6.02. The Kier molecular flexibility index (Phi) is 3.60. The smallest absolute Gasteiger partial charge is 0.297 e. The van der Waals surface area contributed by atoms with Crippen molar-refractivity contribution in [3.05, 3.63) is 86.2 Å². The van der Waals surface area contributed by atoms with Gasteiger partial charge in [0.25, 0.3) is 5.91 Å². The molecule has 27 heavy (non-hydrogen) atoms. The number of carbonyl (C=O) groups is 1. The lowest BCUT2D eigenvalue weighted by molar-refractivity contribution is 0.0970. The predicted octanol–water partition coefficient (Wildman–Crippen LogP) is 4.05. The molecule has 1 aliphatic rings. The summed E-state index contributed by atoms with van der Waals surface area (Å²) in [6.07, 6.45) is 0. The van der Waals surface area contributed by atoms with Crippen LogP contribution in [-0.2, 0) is 0 Å². The molecular weight excluding hydrogens is 386 g/mol. The monoisotopic (exact) mass is 395 g/mol. The molecule has 1 aliphatic heterocycles. The van der Waals surface area contributed by atoms with Crippen molar-refractivity contribution in [2.75, 3.05) is 4.90 Å². The van der Waals surface area contributed by atoms with Crippen molar-refractivity contribution in [1.29, 1.82) is 0 Å². The molecule has 5 rings (SSSR count). The van der Waals surface area contributed by atoms with Crippen LogP contribution in [0.4, 0.5) is 5.13 Å². The number of anilines is 1. The summed E-state index contributed by atoms with van der Waals surface area (Å²) in [5.41, 5.74) is 2.73. The Balaban J connectivity index is 1.83. The Morgan fingerprint density at radius 1 is 1.07 bits per heavy atom. The molecule has 0 saturated carbocycles. The highest BCUT2D eigenvalue weighted by molar-refractivity contribution is 7.13. The second-order valence-corrected chi connectivity index (χ2v) is 7.27. The third-order valence-electron chi connectivity index (χ3n) is 4.52. The summed E-state index contributed by atoms with van der Waals surface area (Å²) in [5.74, 6) is -0.376. The zero-order valence-corrected chi connectivity index (χ0v) is 15.2. The van der Waals surface area contributed by atoms with Gasteiger partial charge < -0.3 is 4.42 Å². The van der Waals surface area contributed by atoms with Gasteiger partial charge in [0.2, 0.25) is 10.9 Å². The van der Waals surface area contributed by atoms with Crippen LogP contribution >= 0.6 is 22.9 Å². The molecule has 8 heteroatoms.